The first-order valence-electron chi connectivity index (χ1n) is 16.8. The number of carbonyl (C=O) groups is 4. The average molecular weight is 762 g/mol. The topological polar surface area (TPSA) is 120 Å². The number of rotatable bonds is 5. The van der Waals surface area contributed by atoms with Crippen LogP contribution in [0.4, 0.5) is 24.7 Å². The summed E-state index contributed by atoms with van der Waals surface area (Å²) in [5.41, 5.74) is 2.43. The largest absolute Gasteiger partial charge is 0.508 e. The Labute approximate surface area is 311 Å². The molecule has 2 N–H and O–H groups in total. The number of benzene rings is 3. The number of halogens is 5. The quantitative estimate of drug-likeness (QED) is 0.159. The van der Waals surface area contributed by atoms with E-state index in [1.165, 1.54) is 11.0 Å². The Morgan fingerprint density at radius 2 is 1.62 bits per heavy atom. The molecule has 0 bridgehead atoms. The number of fused-ring (bicyclic) bond motifs is 4. The first kappa shape index (κ1) is 34.9. The van der Waals surface area contributed by atoms with Crippen LogP contribution in [-0.2, 0) is 30.8 Å². The van der Waals surface area contributed by atoms with E-state index < -0.39 is 69.5 Å². The van der Waals surface area contributed by atoms with E-state index in [-0.39, 0.29) is 30.3 Å². The van der Waals surface area contributed by atoms with E-state index in [0.29, 0.717) is 45.2 Å². The van der Waals surface area contributed by atoms with Gasteiger partial charge in [-0.2, -0.15) is 18.2 Å². The number of aromatic hydroxyl groups is 1. The summed E-state index contributed by atoms with van der Waals surface area (Å²) in [6.45, 7) is 1.70. The maximum Gasteiger partial charge on any atom is 0.417 e. The highest BCUT2D eigenvalue weighted by molar-refractivity contribution is 6.33. The molecule has 3 fully saturated rings. The lowest BCUT2D eigenvalue weighted by Gasteiger charge is -2.50. The van der Waals surface area contributed by atoms with Crippen molar-refractivity contribution in [1.29, 1.82) is 0 Å². The molecule has 4 aromatic rings. The Balaban J connectivity index is 1.31. The Hall–Kier alpha value is -5.20. The molecule has 0 radical (unpaired) electrons. The fourth-order valence-electron chi connectivity index (χ4n) is 8.85. The van der Waals surface area contributed by atoms with Crippen LogP contribution in [0.3, 0.4) is 0 Å². The molecule has 3 aromatic carbocycles. The molecule has 0 spiro atoms. The van der Waals surface area contributed by atoms with Crippen molar-refractivity contribution in [3.05, 3.63) is 129 Å². The summed E-state index contributed by atoms with van der Waals surface area (Å²) >= 11 is 12.6. The predicted molar refractivity (Wildman–Crippen MR) is 189 cm³/mol. The number of phenolic OH excluding ortho intramolecular Hbond substituents is 1. The van der Waals surface area contributed by atoms with Gasteiger partial charge in [0.15, 0.2) is 5.82 Å². The zero-order chi connectivity index (χ0) is 37.6. The van der Waals surface area contributed by atoms with E-state index >= 15 is 4.79 Å². The molecule has 1 aromatic heterocycles. The molecule has 8 rings (SSSR count). The third-order valence-electron chi connectivity index (χ3n) is 11.1. The summed E-state index contributed by atoms with van der Waals surface area (Å²) in [5, 5.41) is 11.2. The number of hydrazine groups is 1. The third-order valence-corrected chi connectivity index (χ3v) is 11.7. The number of nitrogens with one attached hydrogen (secondary N) is 1. The monoisotopic (exact) mass is 760 g/mol. The number of hydrogen-bond donors (Lipinski definition) is 2. The Bertz CT molecular complexity index is 2250. The number of imide groups is 2. The molecule has 270 valence electrons. The highest BCUT2D eigenvalue weighted by Crippen LogP contribution is 2.64. The van der Waals surface area contributed by atoms with Crippen LogP contribution < -0.4 is 10.3 Å². The van der Waals surface area contributed by atoms with Crippen LogP contribution in [0, 0.1) is 30.6 Å². The normalized spacial score (nSPS) is 26.7. The second-order valence-corrected chi connectivity index (χ2v) is 14.7. The van der Waals surface area contributed by atoms with Crippen molar-refractivity contribution in [1.82, 2.24) is 9.99 Å². The van der Waals surface area contributed by atoms with Gasteiger partial charge in [0.05, 0.1) is 39.4 Å². The summed E-state index contributed by atoms with van der Waals surface area (Å²) in [7, 11) is 0. The van der Waals surface area contributed by atoms with Gasteiger partial charge in [0, 0.05) is 17.1 Å². The van der Waals surface area contributed by atoms with Crippen molar-refractivity contribution in [2.75, 3.05) is 10.3 Å². The second kappa shape index (κ2) is 12.4. The minimum absolute atomic E-state index is 0.00565. The van der Waals surface area contributed by atoms with E-state index in [9.17, 15) is 32.7 Å². The Morgan fingerprint density at radius 3 is 2.28 bits per heavy atom. The third kappa shape index (κ3) is 5.25. The Morgan fingerprint density at radius 1 is 0.906 bits per heavy atom. The molecular formula is C39H29Cl2F3N4O5. The molecule has 1 saturated carbocycles. The lowest BCUT2D eigenvalue weighted by atomic mass is 9.49. The SMILES string of the molecule is Cc1cc([C@H]2C3=CC[C@@H]4C(=O)N(c5ccccc5)C(=O)[C@@H]4[C@@H]3C[C@H]3C(=O)N(Nc4ncc(C(F)(F)F)cc4Cl)C(=O)[C@@]23c2ccc(Cl)cc2)ccc1O. The molecule has 3 heterocycles. The van der Waals surface area contributed by atoms with Crippen molar-refractivity contribution in [3.8, 4) is 5.75 Å². The molecule has 6 atom stereocenters. The molecule has 0 unspecified atom stereocenters. The van der Waals surface area contributed by atoms with Gasteiger partial charge in [-0.15, -0.1) is 0 Å². The van der Waals surface area contributed by atoms with Crippen LogP contribution in [0.1, 0.15) is 41.0 Å². The number of nitrogens with zero attached hydrogens (tertiary/aromatic N) is 3. The fraction of sp³-hybridized carbons (Fsp3) is 0.256. The average Bonchev–Trinajstić information content (AvgIpc) is 3.51. The lowest BCUT2D eigenvalue weighted by molar-refractivity contribution is -0.139. The van der Waals surface area contributed by atoms with E-state index in [0.717, 1.165) is 5.01 Å². The number of amides is 4. The molecule has 4 amide bonds. The van der Waals surface area contributed by atoms with Gasteiger partial charge in [-0.3, -0.25) is 29.5 Å². The molecule has 4 aliphatic rings. The number of aryl methyl sites for hydroxylation is 1. The van der Waals surface area contributed by atoms with Crippen LogP contribution in [0.5, 0.6) is 5.75 Å². The van der Waals surface area contributed by atoms with E-state index in [4.69, 9.17) is 23.2 Å². The maximum absolute atomic E-state index is 15.2. The molecule has 53 heavy (non-hydrogen) atoms. The maximum atomic E-state index is 15.2. The van der Waals surface area contributed by atoms with Crippen molar-refractivity contribution in [3.63, 3.8) is 0 Å². The number of pyridine rings is 1. The number of phenols is 1. The van der Waals surface area contributed by atoms with E-state index in [1.54, 1.807) is 73.7 Å². The number of carbonyl (C=O) groups excluding carboxylic acids is 4. The van der Waals surface area contributed by atoms with Gasteiger partial charge < -0.3 is 5.11 Å². The van der Waals surface area contributed by atoms with Gasteiger partial charge in [-0.1, -0.05) is 77.3 Å². The summed E-state index contributed by atoms with van der Waals surface area (Å²) in [4.78, 5) is 63.3. The van der Waals surface area contributed by atoms with Gasteiger partial charge in [0.1, 0.15) is 5.75 Å². The standard InChI is InChI=1S/C39H29Cl2F3N4O5/c1-19-15-20(7-14-30(19)49)32-25-12-13-26-31(36(52)47(34(26)50)24-5-3-2-4-6-24)27(25)17-28-35(51)48(37(53)38(28,32)21-8-10-23(40)11-9-21)46-33-29(41)16-22(18-45-33)39(42,43)44/h2-12,14-16,18,26-28,31-32,49H,13,17H2,1H3,(H,45,46)/t26-,27+,28-,31-,32-,38+/m0/s1. The van der Waals surface area contributed by atoms with E-state index in [2.05, 4.69) is 10.4 Å². The zero-order valence-electron chi connectivity index (χ0n) is 27.8. The van der Waals surface area contributed by atoms with Crippen molar-refractivity contribution >= 4 is 58.3 Å². The number of para-hydroxylation sites is 1. The van der Waals surface area contributed by atoms with Gasteiger partial charge in [-0.25, -0.2) is 4.98 Å². The summed E-state index contributed by atoms with van der Waals surface area (Å²) in [6.07, 6.45) is -2.11. The minimum Gasteiger partial charge on any atom is -0.508 e. The van der Waals surface area contributed by atoms with Crippen LogP contribution in [-0.4, -0.2) is 38.7 Å². The number of anilines is 2. The molecule has 2 aliphatic carbocycles. The number of hydrogen-bond acceptors (Lipinski definition) is 7. The van der Waals surface area contributed by atoms with Crippen molar-refractivity contribution in [2.24, 2.45) is 23.7 Å². The summed E-state index contributed by atoms with van der Waals surface area (Å²) in [6, 6.07) is 20.6. The number of aromatic nitrogens is 1. The van der Waals surface area contributed by atoms with Crippen LogP contribution in [0.15, 0.2) is 96.7 Å². The van der Waals surface area contributed by atoms with Gasteiger partial charge in [-0.05, 0) is 78.8 Å². The number of alkyl halides is 3. The van der Waals surface area contributed by atoms with E-state index in [1.807, 2.05) is 6.08 Å². The highest BCUT2D eigenvalue weighted by Gasteiger charge is 2.70. The van der Waals surface area contributed by atoms with Crippen LogP contribution >= 0.6 is 23.2 Å². The zero-order valence-corrected chi connectivity index (χ0v) is 29.3. The first-order valence-corrected chi connectivity index (χ1v) is 17.5. The second-order valence-electron chi connectivity index (χ2n) is 13.8. The van der Waals surface area contributed by atoms with Gasteiger partial charge in [0.25, 0.3) is 11.8 Å². The van der Waals surface area contributed by atoms with Crippen LogP contribution in [0.2, 0.25) is 10.0 Å². The van der Waals surface area contributed by atoms with Crippen molar-refractivity contribution in [2.45, 2.75) is 37.3 Å². The van der Waals surface area contributed by atoms with Gasteiger partial charge >= 0.3 is 6.18 Å². The Kier molecular flexibility index (Phi) is 8.19. The molecule has 2 aliphatic heterocycles. The molecule has 9 nitrogen and oxygen atoms in total. The number of allylic oxidation sites excluding steroid dienone is 2. The summed E-state index contributed by atoms with van der Waals surface area (Å²) < 4.78 is 40.3. The predicted octanol–water partition coefficient (Wildman–Crippen LogP) is 7.61. The lowest BCUT2D eigenvalue weighted by Crippen LogP contribution is -2.53. The fourth-order valence-corrected chi connectivity index (χ4v) is 9.18. The molecule has 2 saturated heterocycles. The smallest absolute Gasteiger partial charge is 0.417 e. The summed E-state index contributed by atoms with van der Waals surface area (Å²) in [5.74, 6) is -6.83. The van der Waals surface area contributed by atoms with Crippen LogP contribution in [0.25, 0.3) is 0 Å². The minimum atomic E-state index is -4.74. The first-order chi connectivity index (χ1) is 25.2. The molecule has 14 heteroatoms. The highest BCUT2D eigenvalue weighted by atomic mass is 35.5. The van der Waals surface area contributed by atoms with Gasteiger partial charge in [0.2, 0.25) is 11.8 Å². The molecular weight excluding hydrogens is 732 g/mol. The van der Waals surface area contributed by atoms with Crippen molar-refractivity contribution < 1.29 is 37.5 Å².